The van der Waals surface area contributed by atoms with Crippen LogP contribution in [0.2, 0.25) is 0 Å². The van der Waals surface area contributed by atoms with Gasteiger partial charge >= 0.3 is 5.97 Å². The van der Waals surface area contributed by atoms with Gasteiger partial charge in [0.15, 0.2) is 0 Å². The number of methoxy groups -OCH3 is 1. The molecule has 170 valence electrons. The summed E-state index contributed by atoms with van der Waals surface area (Å²) >= 11 is 0. The molecule has 1 amide bonds. The Hall–Kier alpha value is -2.89. The Morgan fingerprint density at radius 1 is 1.09 bits per heavy atom. The van der Waals surface area contributed by atoms with Crippen LogP contribution < -0.4 is 10.6 Å². The number of hydrogen-bond acceptors (Lipinski definition) is 4. The van der Waals surface area contributed by atoms with Gasteiger partial charge in [-0.05, 0) is 66.1 Å². The van der Waals surface area contributed by atoms with Crippen molar-refractivity contribution in [2.45, 2.75) is 58.4 Å². The molecule has 0 saturated heterocycles. The molecule has 0 spiro atoms. The zero-order valence-electron chi connectivity index (χ0n) is 19.0. The molecule has 2 aromatic carbocycles. The summed E-state index contributed by atoms with van der Waals surface area (Å²) in [7, 11) is 1.37. The highest BCUT2D eigenvalue weighted by Gasteiger charge is 2.36. The van der Waals surface area contributed by atoms with Gasteiger partial charge in [-0.25, -0.2) is 9.18 Å². The van der Waals surface area contributed by atoms with Gasteiger partial charge in [0.1, 0.15) is 5.82 Å². The first kappa shape index (κ1) is 22.3. The number of carbonyl (C=O) groups is 2. The molecule has 1 heterocycles. The van der Waals surface area contributed by atoms with Crippen LogP contribution in [0.15, 0.2) is 36.4 Å². The number of halogens is 1. The molecule has 1 atom stereocenters. The third-order valence-electron chi connectivity index (χ3n) is 6.81. The summed E-state index contributed by atoms with van der Waals surface area (Å²) in [4.78, 5) is 24.6. The third kappa shape index (κ3) is 4.50. The van der Waals surface area contributed by atoms with E-state index < -0.39 is 5.82 Å². The highest BCUT2D eigenvalue weighted by Crippen LogP contribution is 2.45. The predicted octanol–water partition coefficient (Wildman–Crippen LogP) is 5.87. The molecule has 1 saturated carbocycles. The van der Waals surface area contributed by atoms with Gasteiger partial charge in [-0.3, -0.25) is 4.79 Å². The Kier molecular flexibility index (Phi) is 6.22. The van der Waals surface area contributed by atoms with Crippen molar-refractivity contribution in [3.8, 4) is 0 Å². The van der Waals surface area contributed by atoms with E-state index in [9.17, 15) is 14.0 Å². The Balaban J connectivity index is 1.58. The molecule has 2 aromatic rings. The molecule has 5 nitrogen and oxygen atoms in total. The van der Waals surface area contributed by atoms with Crippen molar-refractivity contribution in [1.29, 1.82) is 0 Å². The number of carbonyl (C=O) groups excluding carboxylic acids is 2. The summed E-state index contributed by atoms with van der Waals surface area (Å²) in [5.74, 6) is -0.900. The van der Waals surface area contributed by atoms with Crippen molar-refractivity contribution in [2.24, 2.45) is 11.3 Å². The first-order chi connectivity index (χ1) is 15.3. The minimum absolute atomic E-state index is 0.0352. The number of hydrogen-bond donors (Lipinski definition) is 2. The molecule has 2 aliphatic rings. The number of amides is 1. The molecule has 2 N–H and O–H groups in total. The lowest BCUT2D eigenvalue weighted by atomic mass is 9.72. The molecular formula is C26H31FN2O3. The number of fused-ring (bicyclic) bond motifs is 1. The van der Waals surface area contributed by atoms with Crippen molar-refractivity contribution in [3.05, 3.63) is 58.9 Å². The van der Waals surface area contributed by atoms with Crippen molar-refractivity contribution in [3.63, 3.8) is 0 Å². The molecule has 1 aliphatic heterocycles. The second-order valence-corrected chi connectivity index (χ2v) is 9.67. The minimum Gasteiger partial charge on any atom is -0.465 e. The van der Waals surface area contributed by atoms with Crippen LogP contribution >= 0.6 is 0 Å². The van der Waals surface area contributed by atoms with Crippen LogP contribution in [0.3, 0.4) is 0 Å². The maximum Gasteiger partial charge on any atom is 0.337 e. The summed E-state index contributed by atoms with van der Waals surface area (Å²) in [5, 5.41) is 6.40. The summed E-state index contributed by atoms with van der Waals surface area (Å²) in [6, 6.07) is 10.4. The number of nitrogens with one attached hydrogen (secondary N) is 2. The molecule has 0 bridgehead atoms. The van der Waals surface area contributed by atoms with E-state index in [1.807, 2.05) is 12.1 Å². The molecule has 6 heteroatoms. The molecule has 1 fully saturated rings. The fourth-order valence-electron chi connectivity index (χ4n) is 5.02. The predicted molar refractivity (Wildman–Crippen MR) is 123 cm³/mol. The molecule has 32 heavy (non-hydrogen) atoms. The van der Waals surface area contributed by atoms with Gasteiger partial charge < -0.3 is 15.4 Å². The Morgan fingerprint density at radius 3 is 2.56 bits per heavy atom. The Labute approximate surface area is 188 Å². The summed E-state index contributed by atoms with van der Waals surface area (Å²) < 4.78 is 19.4. The van der Waals surface area contributed by atoms with E-state index in [1.165, 1.54) is 19.6 Å². The number of anilines is 2. The number of esters is 1. The van der Waals surface area contributed by atoms with Gasteiger partial charge in [-0.2, -0.15) is 0 Å². The molecule has 0 radical (unpaired) electrons. The van der Waals surface area contributed by atoms with Gasteiger partial charge in [0.2, 0.25) is 5.91 Å². The molecular weight excluding hydrogens is 407 g/mol. The molecule has 1 aliphatic carbocycles. The lowest BCUT2D eigenvalue weighted by molar-refractivity contribution is -0.120. The van der Waals surface area contributed by atoms with Gasteiger partial charge in [0.05, 0.1) is 24.4 Å². The van der Waals surface area contributed by atoms with E-state index in [0.717, 1.165) is 48.9 Å². The second-order valence-electron chi connectivity index (χ2n) is 9.67. The van der Waals surface area contributed by atoms with Crippen LogP contribution in [0, 0.1) is 17.2 Å². The molecule has 1 unspecified atom stereocenters. The third-order valence-corrected chi connectivity index (χ3v) is 6.81. The number of benzene rings is 2. The zero-order valence-corrected chi connectivity index (χ0v) is 19.0. The maximum atomic E-state index is 14.6. The quantitative estimate of drug-likeness (QED) is 0.586. The van der Waals surface area contributed by atoms with Gasteiger partial charge in [-0.15, -0.1) is 0 Å². The first-order valence-electron chi connectivity index (χ1n) is 11.4. The SMILES string of the molecule is COC(=O)c1ccc2c(c1)CC(C)(C)C(c1ccc(F)c(NC(=O)C3CCCCC3)c1)N2. The van der Waals surface area contributed by atoms with E-state index >= 15 is 0 Å². The standard InChI is InChI=1S/C26H31FN2O3/c1-26(2)15-19-13-18(25(31)32-3)10-12-21(19)28-23(26)17-9-11-20(27)22(14-17)29-24(30)16-7-5-4-6-8-16/h9-14,16,23,28H,4-8,15H2,1-3H3,(H,29,30). The van der Waals surface area contributed by atoms with Crippen LogP contribution in [0.5, 0.6) is 0 Å². The summed E-state index contributed by atoms with van der Waals surface area (Å²) in [6.07, 6.45) is 5.75. The second kappa shape index (κ2) is 8.93. The average Bonchev–Trinajstić information content (AvgIpc) is 2.79. The van der Waals surface area contributed by atoms with Gasteiger partial charge in [0.25, 0.3) is 0 Å². The van der Waals surface area contributed by atoms with Crippen LogP contribution in [0.4, 0.5) is 15.8 Å². The zero-order chi connectivity index (χ0) is 22.9. The topological polar surface area (TPSA) is 67.4 Å². The summed E-state index contributed by atoms with van der Waals surface area (Å²) in [6.45, 7) is 4.28. The smallest absolute Gasteiger partial charge is 0.337 e. The van der Waals surface area contributed by atoms with E-state index in [2.05, 4.69) is 24.5 Å². The average molecular weight is 439 g/mol. The summed E-state index contributed by atoms with van der Waals surface area (Å²) in [5.41, 5.74) is 3.46. The highest BCUT2D eigenvalue weighted by atomic mass is 19.1. The van der Waals surface area contributed by atoms with Crippen molar-refractivity contribution in [1.82, 2.24) is 0 Å². The van der Waals surface area contributed by atoms with Crippen molar-refractivity contribution >= 4 is 23.3 Å². The fraction of sp³-hybridized carbons (Fsp3) is 0.462. The number of ether oxygens (including phenoxy) is 1. The monoisotopic (exact) mass is 438 g/mol. The van der Waals surface area contributed by atoms with Crippen LogP contribution in [0.1, 0.15) is 73.5 Å². The van der Waals surface area contributed by atoms with Crippen LogP contribution in [-0.2, 0) is 16.0 Å². The van der Waals surface area contributed by atoms with Gasteiger partial charge in [0, 0.05) is 11.6 Å². The molecule has 0 aromatic heterocycles. The Morgan fingerprint density at radius 2 is 1.84 bits per heavy atom. The van der Waals surface area contributed by atoms with Crippen LogP contribution in [-0.4, -0.2) is 19.0 Å². The van der Waals surface area contributed by atoms with E-state index in [1.54, 1.807) is 18.2 Å². The maximum absolute atomic E-state index is 14.6. The lowest BCUT2D eigenvalue weighted by Gasteiger charge is -2.41. The Bertz CT molecular complexity index is 1030. The van der Waals surface area contributed by atoms with Gasteiger partial charge in [-0.1, -0.05) is 39.2 Å². The van der Waals surface area contributed by atoms with E-state index in [0.29, 0.717) is 5.56 Å². The van der Waals surface area contributed by atoms with E-state index in [4.69, 9.17) is 4.74 Å². The molecule has 4 rings (SSSR count). The van der Waals surface area contributed by atoms with Crippen molar-refractivity contribution in [2.75, 3.05) is 17.7 Å². The first-order valence-corrected chi connectivity index (χ1v) is 11.4. The van der Waals surface area contributed by atoms with E-state index in [-0.39, 0.29) is 34.9 Å². The number of rotatable bonds is 4. The van der Waals surface area contributed by atoms with Crippen molar-refractivity contribution < 1.29 is 18.7 Å². The highest BCUT2D eigenvalue weighted by molar-refractivity contribution is 5.93. The minimum atomic E-state index is -0.422. The lowest BCUT2D eigenvalue weighted by Crippen LogP contribution is -2.35. The fourth-order valence-corrected chi connectivity index (χ4v) is 5.02. The normalized spacial score (nSPS) is 20.1. The van der Waals surface area contributed by atoms with Crippen LogP contribution in [0.25, 0.3) is 0 Å². The largest absolute Gasteiger partial charge is 0.465 e.